The molecule has 1 nitrogen and oxygen atoms in total. The minimum atomic E-state index is -0.183. The molecule has 1 atom stereocenters. The van der Waals surface area contributed by atoms with Crippen LogP contribution in [0.25, 0.3) is 0 Å². The van der Waals surface area contributed by atoms with E-state index in [9.17, 15) is 0 Å². The average molecular weight is 156 g/mol. The molecule has 0 saturated carbocycles. The first-order valence-corrected chi connectivity index (χ1v) is 4.60. The van der Waals surface area contributed by atoms with Gasteiger partial charge < -0.3 is 5.11 Å². The molecule has 11 heavy (non-hydrogen) atoms. The zero-order valence-corrected chi connectivity index (χ0v) is 7.71. The third kappa shape index (κ3) is 9.70. The van der Waals surface area contributed by atoms with Crippen LogP contribution in [-0.2, 0) is 0 Å². The van der Waals surface area contributed by atoms with E-state index in [0.717, 1.165) is 6.42 Å². The van der Waals surface area contributed by atoms with E-state index in [1.807, 2.05) is 6.92 Å². The largest absolute Gasteiger partial charge is 0.393 e. The number of unbranched alkanes of at least 4 members (excludes halogenated alkanes) is 3. The number of hydrogen-bond acceptors (Lipinski definition) is 1. The molecule has 0 fully saturated rings. The minimum Gasteiger partial charge on any atom is -0.393 e. The maximum Gasteiger partial charge on any atom is 0.0546 e. The molecule has 0 aliphatic carbocycles. The van der Waals surface area contributed by atoms with E-state index in [0.29, 0.717) is 0 Å². The van der Waals surface area contributed by atoms with Crippen LogP contribution < -0.4 is 0 Å². The summed E-state index contributed by atoms with van der Waals surface area (Å²) < 4.78 is 0. The van der Waals surface area contributed by atoms with E-state index >= 15 is 0 Å². The van der Waals surface area contributed by atoms with Crippen LogP contribution in [0.1, 0.15) is 46.0 Å². The molecule has 0 bridgehead atoms. The van der Waals surface area contributed by atoms with Gasteiger partial charge in [0.25, 0.3) is 0 Å². The molecule has 1 heteroatoms. The SMILES string of the molecule is CCCCCC=CCC(C)O. The molecule has 0 saturated heterocycles. The van der Waals surface area contributed by atoms with Gasteiger partial charge in [-0.15, -0.1) is 0 Å². The van der Waals surface area contributed by atoms with E-state index in [-0.39, 0.29) is 6.10 Å². The summed E-state index contributed by atoms with van der Waals surface area (Å²) in [5.41, 5.74) is 0. The van der Waals surface area contributed by atoms with Gasteiger partial charge in [0.15, 0.2) is 0 Å². The molecule has 0 rings (SSSR count). The fourth-order valence-electron chi connectivity index (χ4n) is 0.923. The Morgan fingerprint density at radius 2 is 2.00 bits per heavy atom. The average Bonchev–Trinajstić information content (AvgIpc) is 1.96. The van der Waals surface area contributed by atoms with Gasteiger partial charge in [0.1, 0.15) is 0 Å². The smallest absolute Gasteiger partial charge is 0.0546 e. The van der Waals surface area contributed by atoms with E-state index in [1.165, 1.54) is 25.7 Å². The third-order valence-electron chi connectivity index (χ3n) is 1.62. The van der Waals surface area contributed by atoms with Crippen molar-refractivity contribution in [1.82, 2.24) is 0 Å². The molecule has 1 N–H and O–H groups in total. The number of aliphatic hydroxyl groups is 1. The maximum atomic E-state index is 8.90. The van der Waals surface area contributed by atoms with Crippen molar-refractivity contribution in [3.8, 4) is 0 Å². The van der Waals surface area contributed by atoms with Crippen LogP contribution in [0, 0.1) is 0 Å². The van der Waals surface area contributed by atoms with Crippen LogP contribution in [-0.4, -0.2) is 11.2 Å². The van der Waals surface area contributed by atoms with Crippen molar-refractivity contribution in [2.45, 2.75) is 52.1 Å². The topological polar surface area (TPSA) is 20.2 Å². The summed E-state index contributed by atoms with van der Waals surface area (Å²) in [7, 11) is 0. The Labute approximate surface area is 70.1 Å². The number of rotatable bonds is 6. The lowest BCUT2D eigenvalue weighted by Crippen LogP contribution is -1.95. The van der Waals surface area contributed by atoms with Crippen LogP contribution in [0.15, 0.2) is 12.2 Å². The van der Waals surface area contributed by atoms with Crippen molar-refractivity contribution in [3.63, 3.8) is 0 Å². The second-order valence-corrected chi connectivity index (χ2v) is 3.05. The molecule has 0 aliphatic rings. The third-order valence-corrected chi connectivity index (χ3v) is 1.62. The van der Waals surface area contributed by atoms with Gasteiger partial charge in [-0.25, -0.2) is 0 Å². The summed E-state index contributed by atoms with van der Waals surface area (Å²) in [6, 6.07) is 0. The van der Waals surface area contributed by atoms with Crippen LogP contribution in [0.4, 0.5) is 0 Å². The Balaban J connectivity index is 3.03. The highest BCUT2D eigenvalue weighted by molar-refractivity contribution is 4.82. The second-order valence-electron chi connectivity index (χ2n) is 3.05. The maximum absolute atomic E-state index is 8.90. The molecular weight excluding hydrogens is 136 g/mol. The highest BCUT2D eigenvalue weighted by Gasteiger charge is 1.88. The van der Waals surface area contributed by atoms with Gasteiger partial charge >= 0.3 is 0 Å². The monoisotopic (exact) mass is 156 g/mol. The molecular formula is C10H20O. The van der Waals surface area contributed by atoms with Crippen molar-refractivity contribution < 1.29 is 5.11 Å². The fourth-order valence-corrected chi connectivity index (χ4v) is 0.923. The highest BCUT2D eigenvalue weighted by Crippen LogP contribution is 2.00. The first-order chi connectivity index (χ1) is 5.27. The predicted molar refractivity (Wildman–Crippen MR) is 49.6 cm³/mol. The summed E-state index contributed by atoms with van der Waals surface area (Å²) in [5.74, 6) is 0. The summed E-state index contributed by atoms with van der Waals surface area (Å²) in [6.45, 7) is 4.02. The second kappa shape index (κ2) is 7.80. The van der Waals surface area contributed by atoms with Crippen LogP contribution in [0.5, 0.6) is 0 Å². The number of allylic oxidation sites excluding steroid dienone is 1. The van der Waals surface area contributed by atoms with Crippen molar-refractivity contribution in [2.24, 2.45) is 0 Å². The molecule has 0 heterocycles. The Hall–Kier alpha value is -0.300. The standard InChI is InChI=1S/C10H20O/c1-3-4-5-6-7-8-9-10(2)11/h7-8,10-11H,3-6,9H2,1-2H3. The number of aliphatic hydroxyl groups excluding tert-OH is 1. The number of hydrogen-bond donors (Lipinski definition) is 1. The molecule has 0 aliphatic heterocycles. The Morgan fingerprint density at radius 1 is 1.27 bits per heavy atom. The van der Waals surface area contributed by atoms with Crippen molar-refractivity contribution in [1.29, 1.82) is 0 Å². The Kier molecular flexibility index (Phi) is 7.59. The summed E-state index contributed by atoms with van der Waals surface area (Å²) in [4.78, 5) is 0. The first kappa shape index (κ1) is 10.7. The molecule has 0 amide bonds. The predicted octanol–water partition coefficient (Wildman–Crippen LogP) is 2.89. The van der Waals surface area contributed by atoms with E-state index in [1.54, 1.807) is 0 Å². The molecule has 0 radical (unpaired) electrons. The molecule has 0 aromatic heterocycles. The Morgan fingerprint density at radius 3 is 2.55 bits per heavy atom. The van der Waals surface area contributed by atoms with E-state index < -0.39 is 0 Å². The van der Waals surface area contributed by atoms with Gasteiger partial charge in [0.2, 0.25) is 0 Å². The van der Waals surface area contributed by atoms with Gasteiger partial charge in [-0.05, 0) is 26.2 Å². The van der Waals surface area contributed by atoms with Gasteiger partial charge in [0.05, 0.1) is 6.10 Å². The zero-order chi connectivity index (χ0) is 8.53. The lowest BCUT2D eigenvalue weighted by Gasteiger charge is -1.96. The molecule has 66 valence electrons. The lowest BCUT2D eigenvalue weighted by molar-refractivity contribution is 0.198. The highest BCUT2D eigenvalue weighted by atomic mass is 16.3. The Bertz CT molecular complexity index is 95.0. The van der Waals surface area contributed by atoms with Gasteiger partial charge in [0, 0.05) is 0 Å². The van der Waals surface area contributed by atoms with E-state index in [2.05, 4.69) is 19.1 Å². The van der Waals surface area contributed by atoms with Crippen molar-refractivity contribution >= 4 is 0 Å². The molecule has 0 aromatic rings. The fraction of sp³-hybridized carbons (Fsp3) is 0.800. The van der Waals surface area contributed by atoms with Gasteiger partial charge in [-0.1, -0.05) is 31.9 Å². The minimum absolute atomic E-state index is 0.183. The normalized spacial score (nSPS) is 14.1. The van der Waals surface area contributed by atoms with Crippen LogP contribution in [0.2, 0.25) is 0 Å². The van der Waals surface area contributed by atoms with Crippen LogP contribution >= 0.6 is 0 Å². The first-order valence-electron chi connectivity index (χ1n) is 4.60. The molecule has 0 aromatic carbocycles. The molecule has 0 spiro atoms. The van der Waals surface area contributed by atoms with Gasteiger partial charge in [-0.2, -0.15) is 0 Å². The van der Waals surface area contributed by atoms with Crippen molar-refractivity contribution in [2.75, 3.05) is 0 Å². The van der Waals surface area contributed by atoms with Gasteiger partial charge in [-0.3, -0.25) is 0 Å². The van der Waals surface area contributed by atoms with E-state index in [4.69, 9.17) is 5.11 Å². The summed E-state index contributed by atoms with van der Waals surface area (Å²) in [5, 5.41) is 8.90. The summed E-state index contributed by atoms with van der Waals surface area (Å²) in [6.07, 6.45) is 9.91. The quantitative estimate of drug-likeness (QED) is 0.463. The van der Waals surface area contributed by atoms with Crippen molar-refractivity contribution in [3.05, 3.63) is 12.2 Å². The molecule has 1 unspecified atom stereocenters. The zero-order valence-electron chi connectivity index (χ0n) is 7.71. The van der Waals surface area contributed by atoms with Crippen LogP contribution in [0.3, 0.4) is 0 Å². The summed E-state index contributed by atoms with van der Waals surface area (Å²) >= 11 is 0. The lowest BCUT2D eigenvalue weighted by atomic mass is 10.2.